The summed E-state index contributed by atoms with van der Waals surface area (Å²) in [4.78, 5) is 27.5. The molecule has 4 heteroatoms. The van der Waals surface area contributed by atoms with Crippen LogP contribution >= 0.6 is 0 Å². The van der Waals surface area contributed by atoms with Crippen molar-refractivity contribution in [2.75, 3.05) is 7.05 Å². The van der Waals surface area contributed by atoms with Crippen LogP contribution in [0, 0.1) is 5.92 Å². The van der Waals surface area contributed by atoms with E-state index in [1.54, 1.807) is 12.1 Å². The molecule has 0 fully saturated rings. The van der Waals surface area contributed by atoms with Gasteiger partial charge in [-0.2, -0.15) is 0 Å². The van der Waals surface area contributed by atoms with Gasteiger partial charge in [0.1, 0.15) is 6.04 Å². The van der Waals surface area contributed by atoms with Crippen molar-refractivity contribution >= 4 is 11.8 Å². The molecule has 0 saturated carbocycles. The van der Waals surface area contributed by atoms with E-state index in [0.29, 0.717) is 5.56 Å². The van der Waals surface area contributed by atoms with E-state index in [4.69, 9.17) is 0 Å². The number of fused-ring (bicyclic) bond motifs is 1. The van der Waals surface area contributed by atoms with Crippen molar-refractivity contribution in [1.29, 1.82) is 0 Å². The summed E-state index contributed by atoms with van der Waals surface area (Å²) in [5.74, 6) is -0.238. The molecule has 0 spiro atoms. The maximum absolute atomic E-state index is 13.2. The number of carbonyl (C=O) groups excluding carboxylic acids is 2. The molecule has 0 heterocycles. The molecule has 2 aromatic carbocycles. The quantitative estimate of drug-likeness (QED) is 0.896. The molecular weight excluding hydrogens is 324 g/mol. The number of rotatable bonds is 5. The van der Waals surface area contributed by atoms with Crippen LogP contribution in [0.15, 0.2) is 54.6 Å². The second-order valence-electron chi connectivity index (χ2n) is 7.26. The van der Waals surface area contributed by atoms with Crippen molar-refractivity contribution in [3.63, 3.8) is 0 Å². The fourth-order valence-electron chi connectivity index (χ4n) is 3.64. The van der Waals surface area contributed by atoms with Crippen LogP contribution in [0.3, 0.4) is 0 Å². The molecule has 3 rings (SSSR count). The van der Waals surface area contributed by atoms with Crippen LogP contribution in [0.2, 0.25) is 0 Å². The van der Waals surface area contributed by atoms with Crippen molar-refractivity contribution in [2.24, 2.45) is 5.92 Å². The highest BCUT2D eigenvalue weighted by Gasteiger charge is 2.33. The Morgan fingerprint density at radius 3 is 2.38 bits per heavy atom. The molecule has 0 aromatic heterocycles. The van der Waals surface area contributed by atoms with E-state index < -0.39 is 6.04 Å². The van der Waals surface area contributed by atoms with Gasteiger partial charge in [0.05, 0.1) is 6.04 Å². The molecule has 4 nitrogen and oxygen atoms in total. The van der Waals surface area contributed by atoms with Crippen LogP contribution in [0.5, 0.6) is 0 Å². The molecule has 2 amide bonds. The number of likely N-dealkylation sites (N-methyl/N-ethyl adjacent to an activating group) is 1. The molecule has 2 atom stereocenters. The summed E-state index contributed by atoms with van der Waals surface area (Å²) in [6, 6.07) is 16.9. The van der Waals surface area contributed by atoms with Crippen molar-refractivity contribution in [2.45, 2.75) is 38.8 Å². The van der Waals surface area contributed by atoms with E-state index in [2.05, 4.69) is 17.4 Å². The first-order chi connectivity index (χ1) is 12.5. The monoisotopic (exact) mass is 350 g/mol. The number of nitrogens with zero attached hydrogens (tertiary/aromatic N) is 1. The largest absolute Gasteiger partial charge is 0.340 e. The van der Waals surface area contributed by atoms with E-state index in [1.807, 2.05) is 56.1 Å². The highest BCUT2D eigenvalue weighted by molar-refractivity contribution is 5.97. The lowest BCUT2D eigenvalue weighted by Crippen LogP contribution is -2.50. The molecule has 26 heavy (non-hydrogen) atoms. The summed E-state index contributed by atoms with van der Waals surface area (Å²) < 4.78 is 0. The molecule has 2 unspecified atom stereocenters. The van der Waals surface area contributed by atoms with Gasteiger partial charge in [-0.1, -0.05) is 56.3 Å². The summed E-state index contributed by atoms with van der Waals surface area (Å²) in [7, 11) is 1.85. The molecule has 136 valence electrons. The van der Waals surface area contributed by atoms with E-state index in [9.17, 15) is 9.59 Å². The number of aryl methyl sites for hydroxylation is 1. The topological polar surface area (TPSA) is 49.4 Å². The first kappa shape index (κ1) is 18.2. The summed E-state index contributed by atoms with van der Waals surface area (Å²) in [5, 5.41) is 2.93. The molecule has 0 aliphatic heterocycles. The summed E-state index contributed by atoms with van der Waals surface area (Å²) in [5.41, 5.74) is 3.10. The zero-order valence-corrected chi connectivity index (χ0v) is 15.6. The van der Waals surface area contributed by atoms with Crippen molar-refractivity contribution < 1.29 is 9.59 Å². The number of amides is 2. The Hall–Kier alpha value is -2.62. The lowest BCUT2D eigenvalue weighted by atomic mass is 10.00. The number of hydrogen-bond acceptors (Lipinski definition) is 2. The highest BCUT2D eigenvalue weighted by Crippen LogP contribution is 2.35. The van der Waals surface area contributed by atoms with Gasteiger partial charge < -0.3 is 10.2 Å². The van der Waals surface area contributed by atoms with Gasteiger partial charge in [0.2, 0.25) is 5.91 Å². The smallest absolute Gasteiger partial charge is 0.251 e. The Kier molecular flexibility index (Phi) is 5.40. The average molecular weight is 350 g/mol. The van der Waals surface area contributed by atoms with Gasteiger partial charge in [-0.3, -0.25) is 9.59 Å². The van der Waals surface area contributed by atoms with Gasteiger partial charge in [-0.15, -0.1) is 0 Å². The zero-order chi connectivity index (χ0) is 18.7. The first-order valence-corrected chi connectivity index (χ1v) is 9.19. The minimum Gasteiger partial charge on any atom is -0.340 e. The minimum atomic E-state index is -0.541. The summed E-state index contributed by atoms with van der Waals surface area (Å²) in [6.07, 6.45) is 1.92. The second-order valence-corrected chi connectivity index (χ2v) is 7.26. The molecule has 2 aromatic rings. The number of benzene rings is 2. The van der Waals surface area contributed by atoms with Gasteiger partial charge in [0.15, 0.2) is 0 Å². The van der Waals surface area contributed by atoms with Gasteiger partial charge in [-0.25, -0.2) is 0 Å². The van der Waals surface area contributed by atoms with Gasteiger partial charge in [-0.05, 0) is 42.0 Å². The average Bonchev–Trinajstić information content (AvgIpc) is 3.09. The molecule has 1 aliphatic carbocycles. The minimum absolute atomic E-state index is 0.00857. The van der Waals surface area contributed by atoms with Crippen LogP contribution in [-0.2, 0) is 11.2 Å². The third-order valence-corrected chi connectivity index (χ3v) is 5.17. The van der Waals surface area contributed by atoms with Crippen LogP contribution < -0.4 is 5.32 Å². The van der Waals surface area contributed by atoms with Gasteiger partial charge in [0, 0.05) is 12.6 Å². The normalized spacial score (nSPS) is 16.8. The summed E-state index contributed by atoms with van der Waals surface area (Å²) in [6.45, 7) is 3.93. The SMILES string of the molecule is CC(C)C(NC(=O)c1ccccc1)C(=O)N(C)C1CCc2ccccc21. The van der Waals surface area contributed by atoms with E-state index in [0.717, 1.165) is 12.8 Å². The molecule has 1 aliphatic rings. The molecule has 0 radical (unpaired) electrons. The van der Waals surface area contributed by atoms with Gasteiger partial charge >= 0.3 is 0 Å². The van der Waals surface area contributed by atoms with E-state index in [1.165, 1.54) is 11.1 Å². The third-order valence-electron chi connectivity index (χ3n) is 5.17. The Labute approximate surface area is 155 Å². The Bertz CT molecular complexity index is 786. The zero-order valence-electron chi connectivity index (χ0n) is 15.6. The summed E-state index contributed by atoms with van der Waals surface area (Å²) >= 11 is 0. The van der Waals surface area contributed by atoms with E-state index in [-0.39, 0.29) is 23.8 Å². The maximum atomic E-state index is 13.2. The number of nitrogens with one attached hydrogen (secondary N) is 1. The van der Waals surface area contributed by atoms with Crippen molar-refractivity contribution in [3.05, 3.63) is 71.3 Å². The third kappa shape index (κ3) is 3.64. The lowest BCUT2D eigenvalue weighted by Gasteiger charge is -2.31. The van der Waals surface area contributed by atoms with Crippen molar-refractivity contribution in [1.82, 2.24) is 10.2 Å². The Morgan fingerprint density at radius 2 is 1.69 bits per heavy atom. The predicted molar refractivity (Wildman–Crippen MR) is 103 cm³/mol. The Morgan fingerprint density at radius 1 is 1.04 bits per heavy atom. The van der Waals surface area contributed by atoms with Crippen LogP contribution in [0.25, 0.3) is 0 Å². The predicted octanol–water partition coefficient (Wildman–Crippen LogP) is 3.59. The second kappa shape index (κ2) is 7.73. The molecule has 0 bridgehead atoms. The molecule has 1 N–H and O–H groups in total. The number of carbonyl (C=O) groups is 2. The van der Waals surface area contributed by atoms with Crippen LogP contribution in [-0.4, -0.2) is 29.8 Å². The molecular formula is C22H26N2O2. The van der Waals surface area contributed by atoms with Crippen molar-refractivity contribution in [3.8, 4) is 0 Å². The van der Waals surface area contributed by atoms with Crippen LogP contribution in [0.1, 0.15) is 47.8 Å². The lowest BCUT2D eigenvalue weighted by molar-refractivity contribution is -0.135. The van der Waals surface area contributed by atoms with Crippen LogP contribution in [0.4, 0.5) is 0 Å². The molecule has 0 saturated heterocycles. The first-order valence-electron chi connectivity index (χ1n) is 9.19. The van der Waals surface area contributed by atoms with E-state index >= 15 is 0 Å². The fourth-order valence-corrected chi connectivity index (χ4v) is 3.64. The Balaban J connectivity index is 1.76. The standard InChI is InChI=1S/C22H26N2O2/c1-15(2)20(23-21(25)17-10-5-4-6-11-17)22(26)24(3)19-14-13-16-9-7-8-12-18(16)19/h4-12,15,19-20H,13-14H2,1-3H3,(H,23,25). The maximum Gasteiger partial charge on any atom is 0.251 e. The number of hydrogen-bond donors (Lipinski definition) is 1. The fraction of sp³-hybridized carbons (Fsp3) is 0.364. The highest BCUT2D eigenvalue weighted by atomic mass is 16.2. The van der Waals surface area contributed by atoms with Gasteiger partial charge in [0.25, 0.3) is 5.91 Å².